The molecule has 5 nitrogen and oxygen atoms in total. The smallest absolute Gasteiger partial charge is 0.136 e. The Labute approximate surface area is 146 Å². The van der Waals surface area contributed by atoms with Crippen molar-refractivity contribution in [2.45, 2.75) is 32.2 Å². The van der Waals surface area contributed by atoms with Gasteiger partial charge in [0.15, 0.2) is 0 Å². The average Bonchev–Trinajstić information content (AvgIpc) is 3.01. The monoisotopic (exact) mass is 332 g/mol. The van der Waals surface area contributed by atoms with E-state index in [9.17, 15) is 5.26 Å². The number of hydrogen-bond acceptors (Lipinski definition) is 4. The number of fused-ring (bicyclic) bond motifs is 2. The van der Waals surface area contributed by atoms with Gasteiger partial charge in [-0.05, 0) is 67.6 Å². The molecule has 25 heavy (non-hydrogen) atoms. The van der Waals surface area contributed by atoms with Gasteiger partial charge in [0.2, 0.25) is 0 Å². The van der Waals surface area contributed by atoms with Crippen LogP contribution >= 0.6 is 0 Å². The summed E-state index contributed by atoms with van der Waals surface area (Å²) in [5, 5.41) is 21.4. The zero-order valence-corrected chi connectivity index (χ0v) is 14.4. The number of H-pyrrole nitrogens is 1. The van der Waals surface area contributed by atoms with Crippen LogP contribution in [0.3, 0.4) is 0 Å². The van der Waals surface area contributed by atoms with E-state index in [1.807, 2.05) is 25.1 Å². The van der Waals surface area contributed by atoms with Gasteiger partial charge in [-0.15, -0.1) is 0 Å². The zero-order valence-electron chi connectivity index (χ0n) is 14.4. The van der Waals surface area contributed by atoms with Crippen molar-refractivity contribution in [2.24, 2.45) is 0 Å². The Morgan fingerprint density at radius 2 is 2.20 bits per heavy atom. The highest BCUT2D eigenvalue weighted by Crippen LogP contribution is 2.36. The first-order chi connectivity index (χ1) is 12.2. The lowest BCUT2D eigenvalue weighted by molar-refractivity contribution is 0.411. The Morgan fingerprint density at radius 3 is 3.00 bits per heavy atom. The Morgan fingerprint density at radius 1 is 1.32 bits per heavy atom. The molecule has 1 heterocycles. The van der Waals surface area contributed by atoms with E-state index in [0.717, 1.165) is 41.5 Å². The summed E-state index contributed by atoms with van der Waals surface area (Å²) >= 11 is 0. The van der Waals surface area contributed by atoms with Gasteiger partial charge in [0.25, 0.3) is 0 Å². The minimum absolute atomic E-state index is 0.218. The number of aromatic nitrogens is 2. The summed E-state index contributed by atoms with van der Waals surface area (Å²) in [5.74, 6) is 0.649. The quantitative estimate of drug-likeness (QED) is 0.752. The topological polar surface area (TPSA) is 73.7 Å². The Balaban J connectivity index is 1.70. The molecule has 0 saturated carbocycles. The van der Waals surface area contributed by atoms with Gasteiger partial charge < -0.3 is 10.1 Å². The maximum absolute atomic E-state index is 9.30. The number of anilines is 1. The lowest BCUT2D eigenvalue weighted by atomic mass is 9.86. The summed E-state index contributed by atoms with van der Waals surface area (Å²) in [6, 6.07) is 12.7. The van der Waals surface area contributed by atoms with Crippen molar-refractivity contribution >= 4 is 16.6 Å². The van der Waals surface area contributed by atoms with Gasteiger partial charge in [0.05, 0.1) is 24.2 Å². The Bertz CT molecular complexity index is 983. The van der Waals surface area contributed by atoms with Crippen LogP contribution in [-0.4, -0.2) is 17.3 Å². The molecule has 1 unspecified atom stereocenters. The fraction of sp³-hybridized carbons (Fsp3) is 0.300. The van der Waals surface area contributed by atoms with E-state index in [2.05, 4.69) is 33.7 Å². The van der Waals surface area contributed by atoms with Gasteiger partial charge >= 0.3 is 0 Å². The van der Waals surface area contributed by atoms with Crippen LogP contribution in [-0.2, 0) is 6.42 Å². The Hall–Kier alpha value is -3.00. The number of methoxy groups -OCH3 is 1. The summed E-state index contributed by atoms with van der Waals surface area (Å²) in [6.07, 6.45) is 3.17. The summed E-state index contributed by atoms with van der Waals surface area (Å²) in [4.78, 5) is 0. The summed E-state index contributed by atoms with van der Waals surface area (Å²) < 4.78 is 5.40. The third-order valence-electron chi connectivity index (χ3n) is 4.98. The van der Waals surface area contributed by atoms with Crippen LogP contribution in [0.2, 0.25) is 0 Å². The normalized spacial score (nSPS) is 16.3. The van der Waals surface area contributed by atoms with E-state index in [0.29, 0.717) is 11.3 Å². The van der Waals surface area contributed by atoms with Crippen molar-refractivity contribution in [3.63, 3.8) is 0 Å². The minimum Gasteiger partial charge on any atom is -0.495 e. The van der Waals surface area contributed by atoms with Crippen LogP contribution in [0.25, 0.3) is 10.9 Å². The highest BCUT2D eigenvalue weighted by Gasteiger charge is 2.22. The van der Waals surface area contributed by atoms with E-state index in [4.69, 9.17) is 4.74 Å². The fourth-order valence-electron chi connectivity index (χ4n) is 3.67. The number of aromatic amines is 1. The van der Waals surface area contributed by atoms with E-state index < -0.39 is 0 Å². The summed E-state index contributed by atoms with van der Waals surface area (Å²) in [6.45, 7) is 2.03. The molecule has 0 saturated heterocycles. The van der Waals surface area contributed by atoms with Gasteiger partial charge in [0.1, 0.15) is 11.8 Å². The van der Waals surface area contributed by atoms with E-state index in [-0.39, 0.29) is 6.04 Å². The molecule has 2 N–H and O–H groups in total. The second kappa shape index (κ2) is 6.14. The third kappa shape index (κ3) is 2.70. The lowest BCUT2D eigenvalue weighted by Crippen LogP contribution is -2.18. The molecule has 126 valence electrons. The van der Waals surface area contributed by atoms with Gasteiger partial charge in [-0.25, -0.2) is 0 Å². The average molecular weight is 332 g/mol. The standard InChI is InChI=1S/C20H20N4O/c1-12-16-9-15(6-7-19(16)24-23-12)22-18-5-3-4-13-8-14(11-21)20(25-2)10-17(13)18/h6-10,18,22H,3-5H2,1-2H3,(H,23,24). The maximum Gasteiger partial charge on any atom is 0.136 e. The molecule has 0 aliphatic heterocycles. The van der Waals surface area contributed by atoms with Crippen molar-refractivity contribution in [2.75, 3.05) is 12.4 Å². The number of ether oxygens (including phenoxy) is 1. The van der Waals surface area contributed by atoms with Crippen LogP contribution in [0.15, 0.2) is 30.3 Å². The molecular formula is C20H20N4O. The van der Waals surface area contributed by atoms with Crippen molar-refractivity contribution < 1.29 is 4.74 Å². The molecule has 0 amide bonds. The van der Waals surface area contributed by atoms with Gasteiger partial charge in [0, 0.05) is 16.8 Å². The molecule has 5 heteroatoms. The van der Waals surface area contributed by atoms with Crippen LogP contribution in [0.5, 0.6) is 5.75 Å². The Kier molecular flexibility index (Phi) is 3.81. The molecule has 3 aromatic rings. The number of nitrogens with zero attached hydrogens (tertiary/aromatic N) is 2. The van der Waals surface area contributed by atoms with Crippen molar-refractivity contribution in [3.8, 4) is 11.8 Å². The SMILES string of the molecule is COc1cc2c(cc1C#N)CCCC2Nc1ccc2n[nH]c(C)c2c1. The zero-order chi connectivity index (χ0) is 17.4. The minimum atomic E-state index is 0.218. The van der Waals surface area contributed by atoms with Gasteiger partial charge in [-0.3, -0.25) is 5.10 Å². The van der Waals surface area contributed by atoms with Crippen LogP contribution < -0.4 is 10.1 Å². The fourth-order valence-corrected chi connectivity index (χ4v) is 3.67. The predicted molar refractivity (Wildman–Crippen MR) is 97.8 cm³/mol. The van der Waals surface area contributed by atoms with E-state index in [1.54, 1.807) is 7.11 Å². The second-order valence-corrected chi connectivity index (χ2v) is 6.53. The highest BCUT2D eigenvalue weighted by molar-refractivity contribution is 5.84. The molecular weight excluding hydrogens is 312 g/mol. The second-order valence-electron chi connectivity index (χ2n) is 6.53. The molecule has 2 aromatic carbocycles. The molecule has 0 radical (unpaired) electrons. The number of rotatable bonds is 3. The number of nitrogens with one attached hydrogen (secondary N) is 2. The summed E-state index contributed by atoms with van der Waals surface area (Å²) in [7, 11) is 1.61. The molecule has 1 aliphatic carbocycles. The van der Waals surface area contributed by atoms with Crippen LogP contribution in [0.4, 0.5) is 5.69 Å². The predicted octanol–water partition coefficient (Wildman–Crippen LogP) is 4.24. The lowest BCUT2D eigenvalue weighted by Gasteiger charge is -2.28. The highest BCUT2D eigenvalue weighted by atomic mass is 16.5. The van der Waals surface area contributed by atoms with Gasteiger partial charge in [-0.2, -0.15) is 10.4 Å². The van der Waals surface area contributed by atoms with Crippen molar-refractivity contribution in [1.82, 2.24) is 10.2 Å². The number of hydrogen-bond donors (Lipinski definition) is 2. The summed E-state index contributed by atoms with van der Waals surface area (Å²) in [5.41, 5.74) is 6.21. The third-order valence-corrected chi connectivity index (χ3v) is 4.98. The number of aryl methyl sites for hydroxylation is 2. The van der Waals surface area contributed by atoms with E-state index in [1.165, 1.54) is 11.1 Å². The number of benzene rings is 2. The molecule has 1 aliphatic rings. The first-order valence-electron chi connectivity index (χ1n) is 8.52. The van der Waals surface area contributed by atoms with Crippen LogP contribution in [0, 0.1) is 18.3 Å². The largest absolute Gasteiger partial charge is 0.495 e. The van der Waals surface area contributed by atoms with Crippen LogP contribution in [0.1, 0.15) is 41.3 Å². The van der Waals surface area contributed by atoms with Gasteiger partial charge in [-0.1, -0.05) is 0 Å². The first-order valence-corrected chi connectivity index (χ1v) is 8.52. The van der Waals surface area contributed by atoms with E-state index >= 15 is 0 Å². The van der Waals surface area contributed by atoms with Crippen molar-refractivity contribution in [3.05, 3.63) is 52.7 Å². The molecule has 0 spiro atoms. The molecule has 1 atom stereocenters. The number of nitriles is 1. The first kappa shape index (κ1) is 15.5. The molecule has 1 aromatic heterocycles. The molecule has 0 bridgehead atoms. The maximum atomic E-state index is 9.30. The van der Waals surface area contributed by atoms with Crippen molar-refractivity contribution in [1.29, 1.82) is 5.26 Å². The molecule has 0 fully saturated rings. The molecule has 4 rings (SSSR count).